The molecule has 1 atom stereocenters. The quantitative estimate of drug-likeness (QED) is 0.387. The monoisotopic (exact) mass is 370 g/mol. The van der Waals surface area contributed by atoms with Crippen LogP contribution in [0.5, 0.6) is 5.75 Å². The van der Waals surface area contributed by atoms with Gasteiger partial charge in [0.15, 0.2) is 0 Å². The Kier molecular flexibility index (Phi) is 8.94. The van der Waals surface area contributed by atoms with Crippen LogP contribution < -0.4 is 4.74 Å². The van der Waals surface area contributed by atoms with Crippen LogP contribution in [-0.4, -0.2) is 17.9 Å². The summed E-state index contributed by atoms with van der Waals surface area (Å²) < 4.78 is 39.4. The van der Waals surface area contributed by atoms with E-state index in [2.05, 4.69) is 13.8 Å². The SMILES string of the molecule is CCCCCc1cccc(CCCCC)c1OC(C)(CC)S(=O)(=O)O. The standard InChI is InChI=1S/C20H34O4S/c1-5-8-10-13-17-15-12-16-18(14-11-9-6-2)19(17)24-20(4,7-3)25(21,22)23/h12,15-16H,5-11,13-14H2,1-4H3,(H,21,22,23). The maximum absolute atomic E-state index is 11.9. The lowest BCUT2D eigenvalue weighted by atomic mass is 9.99. The fourth-order valence-corrected chi connectivity index (χ4v) is 3.37. The second-order valence-electron chi connectivity index (χ2n) is 6.88. The molecule has 0 saturated carbocycles. The number of unbranched alkanes of at least 4 members (excludes halogenated alkanes) is 4. The fourth-order valence-electron chi connectivity index (χ4n) is 2.82. The van der Waals surface area contributed by atoms with Crippen molar-refractivity contribution in [2.24, 2.45) is 0 Å². The van der Waals surface area contributed by atoms with Crippen LogP contribution in [0.15, 0.2) is 18.2 Å². The van der Waals surface area contributed by atoms with Crippen molar-refractivity contribution < 1.29 is 17.7 Å². The van der Waals surface area contributed by atoms with Crippen molar-refractivity contribution >= 4 is 10.1 Å². The first kappa shape index (κ1) is 22.0. The number of benzene rings is 1. The van der Waals surface area contributed by atoms with E-state index in [9.17, 15) is 13.0 Å². The van der Waals surface area contributed by atoms with Crippen LogP contribution in [-0.2, 0) is 23.0 Å². The molecule has 1 rings (SSSR count). The molecular weight excluding hydrogens is 336 g/mol. The summed E-state index contributed by atoms with van der Waals surface area (Å²) in [6, 6.07) is 6.04. The Morgan fingerprint density at radius 3 is 1.80 bits per heavy atom. The Morgan fingerprint density at radius 2 is 1.44 bits per heavy atom. The van der Waals surface area contributed by atoms with E-state index in [1.54, 1.807) is 6.92 Å². The number of aryl methyl sites for hydroxylation is 2. The minimum atomic E-state index is -4.32. The van der Waals surface area contributed by atoms with Crippen LogP contribution in [0.25, 0.3) is 0 Å². The Balaban J connectivity index is 3.20. The minimum Gasteiger partial charge on any atom is -0.469 e. The molecule has 0 aromatic heterocycles. The molecule has 4 nitrogen and oxygen atoms in total. The highest BCUT2D eigenvalue weighted by Crippen LogP contribution is 2.33. The zero-order chi connectivity index (χ0) is 18.9. The van der Waals surface area contributed by atoms with Crippen LogP contribution >= 0.6 is 0 Å². The van der Waals surface area contributed by atoms with Gasteiger partial charge < -0.3 is 4.74 Å². The molecule has 0 aliphatic carbocycles. The van der Waals surface area contributed by atoms with Gasteiger partial charge in [-0.05, 0) is 43.7 Å². The summed E-state index contributed by atoms with van der Waals surface area (Å²) in [5.74, 6) is 0.650. The van der Waals surface area contributed by atoms with E-state index in [1.165, 1.54) is 6.92 Å². The second kappa shape index (κ2) is 10.2. The molecule has 0 fully saturated rings. The van der Waals surface area contributed by atoms with Gasteiger partial charge in [0, 0.05) is 6.42 Å². The van der Waals surface area contributed by atoms with Gasteiger partial charge >= 0.3 is 10.1 Å². The lowest BCUT2D eigenvalue weighted by Gasteiger charge is -2.29. The molecule has 0 amide bonds. The van der Waals surface area contributed by atoms with Crippen molar-refractivity contribution in [2.75, 3.05) is 0 Å². The average molecular weight is 371 g/mol. The predicted molar refractivity (Wildman–Crippen MR) is 104 cm³/mol. The normalized spacial score (nSPS) is 14.3. The Hall–Kier alpha value is -1.07. The molecule has 0 spiro atoms. The van der Waals surface area contributed by atoms with Crippen molar-refractivity contribution in [1.29, 1.82) is 0 Å². The van der Waals surface area contributed by atoms with Crippen molar-refractivity contribution in [2.45, 2.75) is 90.4 Å². The third-order valence-electron chi connectivity index (χ3n) is 4.78. The Labute approximate surface area is 153 Å². The van der Waals surface area contributed by atoms with Crippen molar-refractivity contribution in [3.05, 3.63) is 29.3 Å². The number of hydrogen-bond acceptors (Lipinski definition) is 3. The van der Waals surface area contributed by atoms with Crippen molar-refractivity contribution in [1.82, 2.24) is 0 Å². The smallest absolute Gasteiger partial charge is 0.306 e. The minimum absolute atomic E-state index is 0.184. The van der Waals surface area contributed by atoms with Crippen LogP contribution in [0.1, 0.15) is 83.8 Å². The third-order valence-corrected chi connectivity index (χ3v) is 6.25. The van der Waals surface area contributed by atoms with E-state index < -0.39 is 15.1 Å². The molecule has 25 heavy (non-hydrogen) atoms. The molecule has 1 N–H and O–H groups in total. The summed E-state index contributed by atoms with van der Waals surface area (Å²) in [7, 11) is -4.32. The lowest BCUT2D eigenvalue weighted by Crippen LogP contribution is -2.41. The van der Waals surface area contributed by atoms with Crippen LogP contribution in [0.3, 0.4) is 0 Å². The van der Waals surface area contributed by atoms with E-state index in [4.69, 9.17) is 4.74 Å². The van der Waals surface area contributed by atoms with Gasteiger partial charge in [0.05, 0.1) is 0 Å². The second-order valence-corrected chi connectivity index (χ2v) is 8.70. The Morgan fingerprint density at radius 1 is 0.960 bits per heavy atom. The summed E-state index contributed by atoms with van der Waals surface area (Å²) in [6.07, 6.45) is 8.50. The lowest BCUT2D eigenvalue weighted by molar-refractivity contribution is 0.151. The number of para-hydroxylation sites is 1. The first-order valence-corrected chi connectivity index (χ1v) is 11.0. The van der Waals surface area contributed by atoms with Gasteiger partial charge in [-0.1, -0.05) is 64.7 Å². The van der Waals surface area contributed by atoms with Crippen molar-refractivity contribution in [3.8, 4) is 5.75 Å². The molecule has 0 saturated heterocycles. The van der Waals surface area contributed by atoms with E-state index in [-0.39, 0.29) is 6.42 Å². The highest BCUT2D eigenvalue weighted by Gasteiger charge is 2.39. The largest absolute Gasteiger partial charge is 0.469 e. The number of ether oxygens (including phenoxy) is 1. The van der Waals surface area contributed by atoms with Gasteiger partial charge in [0.1, 0.15) is 5.75 Å². The Bertz CT molecular complexity index is 596. The summed E-state index contributed by atoms with van der Waals surface area (Å²) in [6.45, 7) is 7.47. The van der Waals surface area contributed by atoms with Gasteiger partial charge in [0.2, 0.25) is 4.93 Å². The molecular formula is C20H34O4S. The van der Waals surface area contributed by atoms with E-state index in [1.807, 2.05) is 18.2 Å². The predicted octanol–water partition coefficient (Wildman–Crippen LogP) is 5.54. The molecule has 0 aliphatic heterocycles. The van der Waals surface area contributed by atoms with Gasteiger partial charge in [0.25, 0.3) is 0 Å². The van der Waals surface area contributed by atoms with Gasteiger partial charge in [-0.15, -0.1) is 0 Å². The summed E-state index contributed by atoms with van der Waals surface area (Å²) in [5, 5.41) is 0. The van der Waals surface area contributed by atoms with Gasteiger partial charge in [-0.3, -0.25) is 4.55 Å². The number of rotatable bonds is 12. The molecule has 1 aromatic rings. The van der Waals surface area contributed by atoms with E-state index >= 15 is 0 Å². The van der Waals surface area contributed by atoms with Gasteiger partial charge in [-0.2, -0.15) is 8.42 Å². The molecule has 1 aromatic carbocycles. The summed E-state index contributed by atoms with van der Waals surface area (Å²) in [5.41, 5.74) is 2.07. The first-order valence-electron chi connectivity index (χ1n) is 9.55. The number of hydrogen-bond donors (Lipinski definition) is 1. The molecule has 0 aliphatic rings. The maximum atomic E-state index is 11.9. The molecule has 0 heterocycles. The fraction of sp³-hybridized carbons (Fsp3) is 0.700. The topological polar surface area (TPSA) is 63.6 Å². The maximum Gasteiger partial charge on any atom is 0.306 e. The van der Waals surface area contributed by atoms with Gasteiger partial charge in [-0.25, -0.2) is 0 Å². The van der Waals surface area contributed by atoms with Crippen LogP contribution in [0, 0.1) is 0 Å². The highest BCUT2D eigenvalue weighted by atomic mass is 32.2. The first-order chi connectivity index (χ1) is 11.8. The van der Waals surface area contributed by atoms with E-state index in [0.717, 1.165) is 62.5 Å². The molecule has 0 radical (unpaired) electrons. The summed E-state index contributed by atoms with van der Waals surface area (Å²) in [4.78, 5) is -1.62. The molecule has 0 bridgehead atoms. The average Bonchev–Trinajstić information content (AvgIpc) is 2.56. The molecule has 144 valence electrons. The molecule has 5 heteroatoms. The zero-order valence-corrected chi connectivity index (χ0v) is 17.0. The third kappa shape index (κ3) is 6.30. The van der Waals surface area contributed by atoms with E-state index in [0.29, 0.717) is 5.75 Å². The summed E-state index contributed by atoms with van der Waals surface area (Å²) >= 11 is 0. The molecule has 1 unspecified atom stereocenters. The van der Waals surface area contributed by atoms with Crippen LogP contribution in [0.2, 0.25) is 0 Å². The van der Waals surface area contributed by atoms with Crippen LogP contribution in [0.4, 0.5) is 0 Å². The highest BCUT2D eigenvalue weighted by molar-refractivity contribution is 7.87. The van der Waals surface area contributed by atoms with Crippen molar-refractivity contribution in [3.63, 3.8) is 0 Å². The zero-order valence-electron chi connectivity index (χ0n) is 16.2.